The van der Waals surface area contributed by atoms with Crippen LogP contribution in [-0.2, 0) is 25.5 Å². The number of fused-ring (bicyclic) bond motifs is 1. The molecule has 52 heavy (non-hydrogen) atoms. The first-order valence-electron chi connectivity index (χ1n) is 18.0. The second kappa shape index (κ2) is 19.4. The molecule has 1 saturated carbocycles. The van der Waals surface area contributed by atoms with Gasteiger partial charge in [-0.1, -0.05) is 6.07 Å². The van der Waals surface area contributed by atoms with Crippen LogP contribution in [0.5, 0.6) is 11.5 Å². The van der Waals surface area contributed by atoms with Crippen molar-refractivity contribution in [2.45, 2.75) is 44.3 Å². The monoisotopic (exact) mass is 736 g/mol. The van der Waals surface area contributed by atoms with Gasteiger partial charge in [-0.3, -0.25) is 14.9 Å². The van der Waals surface area contributed by atoms with Crippen molar-refractivity contribution in [1.82, 2.24) is 25.1 Å². The predicted octanol–water partition coefficient (Wildman–Crippen LogP) is 6.17. The van der Waals surface area contributed by atoms with Crippen molar-refractivity contribution >= 4 is 33.3 Å². The molecule has 1 aliphatic heterocycles. The van der Waals surface area contributed by atoms with E-state index >= 15 is 0 Å². The van der Waals surface area contributed by atoms with E-state index in [0.29, 0.717) is 63.7 Å². The van der Waals surface area contributed by atoms with Gasteiger partial charge in [-0.25, -0.2) is 9.18 Å². The summed E-state index contributed by atoms with van der Waals surface area (Å²) in [6.45, 7) is 8.02. The lowest BCUT2D eigenvalue weighted by Crippen LogP contribution is -2.44. The molecule has 4 heterocycles. The fraction of sp³-hybridized carbons (Fsp3) is 0.500. The molecule has 0 atom stereocenters. The van der Waals surface area contributed by atoms with Gasteiger partial charge in [-0.2, -0.15) is 0 Å². The zero-order chi connectivity index (χ0) is 36.1. The van der Waals surface area contributed by atoms with Gasteiger partial charge < -0.3 is 39.2 Å². The molecule has 4 aromatic rings. The molecule has 1 saturated heterocycles. The zero-order valence-electron chi connectivity index (χ0n) is 30.0. The quantitative estimate of drug-likeness (QED) is 0.102. The third-order valence-corrected chi connectivity index (χ3v) is 10.3. The summed E-state index contributed by atoms with van der Waals surface area (Å²) in [5, 5.41) is 5.50. The van der Waals surface area contributed by atoms with Gasteiger partial charge in [0.25, 0.3) is 0 Å². The van der Waals surface area contributed by atoms with Crippen LogP contribution < -0.4 is 15.4 Å². The molecule has 0 radical (unpaired) electrons. The maximum atomic E-state index is 15.0. The molecule has 0 spiro atoms. The highest BCUT2D eigenvalue weighted by Gasteiger charge is 2.24. The number of ether oxygens (including phenoxy) is 5. The topological polar surface area (TPSA) is 120 Å². The van der Waals surface area contributed by atoms with E-state index in [0.717, 1.165) is 72.7 Å². The second-order valence-electron chi connectivity index (χ2n) is 13.1. The maximum Gasteiger partial charge on any atom is 0.319 e. The number of urea groups is 1. The highest BCUT2D eigenvalue weighted by molar-refractivity contribution is 7.22. The molecule has 2 aliphatic rings. The van der Waals surface area contributed by atoms with E-state index in [1.165, 1.54) is 29.0 Å². The highest BCUT2D eigenvalue weighted by atomic mass is 32.1. The second-order valence-corrected chi connectivity index (χ2v) is 14.2. The van der Waals surface area contributed by atoms with E-state index < -0.39 is 5.82 Å². The standard InChI is InChI=1S/C38H49FN6O6S/c1-44(15-16-48-19-20-50-22-21-49-18-17-47-2)30-10-13-45(14-11-30)26-27-3-7-32(41-25-27)36-24-33-37(52-36)35(9-12-40-33)51-34-8-6-29(23-31(34)39)43-38(46)42-28-4-5-28/h3,6-9,12,23-25,28,30H,4-5,10-11,13-22,26H2,1-2H3,(H2,42,43,46). The Morgan fingerprint density at radius 3 is 2.37 bits per heavy atom. The van der Waals surface area contributed by atoms with Crippen LogP contribution in [0, 0.1) is 5.82 Å². The number of likely N-dealkylation sites (N-methyl/N-ethyl adjacent to an activating group) is 1. The minimum atomic E-state index is -0.571. The van der Waals surface area contributed by atoms with E-state index in [1.807, 2.05) is 18.3 Å². The number of thiophene rings is 1. The zero-order valence-corrected chi connectivity index (χ0v) is 30.8. The van der Waals surface area contributed by atoms with Gasteiger partial charge in [0.2, 0.25) is 0 Å². The fourth-order valence-electron chi connectivity index (χ4n) is 6.00. The van der Waals surface area contributed by atoms with Crippen LogP contribution in [0.1, 0.15) is 31.2 Å². The number of rotatable bonds is 20. The molecule has 2 fully saturated rings. The van der Waals surface area contributed by atoms with E-state index in [2.05, 4.69) is 38.5 Å². The van der Waals surface area contributed by atoms with Crippen LogP contribution in [0.3, 0.4) is 0 Å². The number of hydrogen-bond acceptors (Lipinski definition) is 11. The summed E-state index contributed by atoms with van der Waals surface area (Å²) >= 11 is 1.51. The summed E-state index contributed by atoms with van der Waals surface area (Å²) in [6, 6.07) is 12.7. The Bertz CT molecular complexity index is 1720. The van der Waals surface area contributed by atoms with E-state index in [9.17, 15) is 9.18 Å². The average molecular weight is 737 g/mol. The van der Waals surface area contributed by atoms with Crippen LogP contribution in [0.25, 0.3) is 20.8 Å². The van der Waals surface area contributed by atoms with E-state index in [1.54, 1.807) is 25.4 Å². The van der Waals surface area contributed by atoms with Crippen LogP contribution in [0.2, 0.25) is 0 Å². The average Bonchev–Trinajstić information content (AvgIpc) is 3.85. The normalized spacial score (nSPS) is 15.4. The van der Waals surface area contributed by atoms with Gasteiger partial charge >= 0.3 is 6.03 Å². The van der Waals surface area contributed by atoms with Crippen molar-refractivity contribution in [3.05, 3.63) is 66.2 Å². The first-order chi connectivity index (χ1) is 25.4. The number of nitrogens with zero attached hydrogens (tertiary/aromatic N) is 4. The third-order valence-electron chi connectivity index (χ3n) is 9.13. The van der Waals surface area contributed by atoms with Crippen LogP contribution in [-0.4, -0.2) is 118 Å². The summed E-state index contributed by atoms with van der Waals surface area (Å²) in [5.41, 5.74) is 3.14. The number of aromatic nitrogens is 2. The van der Waals surface area contributed by atoms with Gasteiger partial charge in [-0.15, -0.1) is 11.3 Å². The smallest absolute Gasteiger partial charge is 0.319 e. The Morgan fingerprint density at radius 2 is 1.67 bits per heavy atom. The number of halogens is 1. The summed E-state index contributed by atoms with van der Waals surface area (Å²) in [4.78, 5) is 27.2. The Balaban J connectivity index is 0.926. The number of anilines is 1. The van der Waals surface area contributed by atoms with E-state index in [-0.39, 0.29) is 17.8 Å². The Labute approximate surface area is 308 Å². The summed E-state index contributed by atoms with van der Waals surface area (Å²) in [6.07, 6.45) is 7.80. The first-order valence-corrected chi connectivity index (χ1v) is 18.8. The molecule has 6 rings (SSSR count). The van der Waals surface area contributed by atoms with Crippen molar-refractivity contribution < 1.29 is 32.9 Å². The molecule has 0 unspecified atom stereocenters. The summed E-state index contributed by atoms with van der Waals surface area (Å²) in [7, 11) is 3.85. The van der Waals surface area contributed by atoms with Gasteiger partial charge in [-0.05, 0) is 75.6 Å². The maximum absolute atomic E-state index is 15.0. The number of carbonyl (C=O) groups excluding carboxylic acids is 1. The summed E-state index contributed by atoms with van der Waals surface area (Å²) in [5.74, 6) is 0.00176. The van der Waals surface area contributed by atoms with Crippen LogP contribution in [0.15, 0.2) is 54.9 Å². The number of amides is 2. The Kier molecular flexibility index (Phi) is 14.1. The molecule has 1 aliphatic carbocycles. The number of nitrogens with one attached hydrogen (secondary N) is 2. The number of piperidine rings is 1. The first kappa shape index (κ1) is 38.0. The fourth-order valence-corrected chi connectivity index (χ4v) is 7.04. The minimum absolute atomic E-state index is 0.0662. The summed E-state index contributed by atoms with van der Waals surface area (Å²) < 4.78 is 43.4. The Morgan fingerprint density at radius 1 is 0.923 bits per heavy atom. The van der Waals surface area contributed by atoms with Crippen molar-refractivity contribution in [2.75, 3.05) is 85.4 Å². The molecular weight excluding hydrogens is 688 g/mol. The molecule has 280 valence electrons. The highest BCUT2D eigenvalue weighted by Crippen LogP contribution is 2.39. The number of carbonyl (C=O) groups is 1. The largest absolute Gasteiger partial charge is 0.453 e. The molecule has 2 N–H and O–H groups in total. The van der Waals surface area contributed by atoms with Crippen molar-refractivity contribution in [2.24, 2.45) is 0 Å². The number of likely N-dealkylation sites (tertiary alicyclic amines) is 1. The van der Waals surface area contributed by atoms with Gasteiger partial charge in [0.15, 0.2) is 11.6 Å². The number of benzene rings is 1. The number of hydrogen-bond donors (Lipinski definition) is 2. The minimum Gasteiger partial charge on any atom is -0.453 e. The van der Waals surface area contributed by atoms with Crippen molar-refractivity contribution in [1.29, 1.82) is 0 Å². The van der Waals surface area contributed by atoms with Gasteiger partial charge in [0.1, 0.15) is 5.75 Å². The molecule has 14 heteroatoms. The molecule has 3 aromatic heterocycles. The molecular formula is C38H49FN6O6S. The van der Waals surface area contributed by atoms with Crippen LogP contribution >= 0.6 is 11.3 Å². The van der Waals surface area contributed by atoms with Gasteiger partial charge in [0.05, 0.1) is 67.0 Å². The lowest BCUT2D eigenvalue weighted by molar-refractivity contribution is -0.000562. The molecule has 12 nitrogen and oxygen atoms in total. The molecule has 0 bridgehead atoms. The Hall–Kier alpha value is -3.76. The third kappa shape index (κ3) is 11.4. The molecule has 1 aromatic carbocycles. The lowest BCUT2D eigenvalue weighted by Gasteiger charge is -2.36. The SMILES string of the molecule is COCCOCCOCCOCCN(C)C1CCN(Cc2ccc(-c3cc4nccc(Oc5ccc(NC(=O)NC6CC6)cc5F)c4s3)nc2)CC1. The van der Waals surface area contributed by atoms with Crippen molar-refractivity contribution in [3.8, 4) is 22.1 Å². The predicted molar refractivity (Wildman–Crippen MR) is 200 cm³/mol. The molecule has 2 amide bonds. The number of pyridine rings is 2. The van der Waals surface area contributed by atoms with E-state index in [4.69, 9.17) is 28.7 Å². The van der Waals surface area contributed by atoms with Gasteiger partial charge in [0, 0.05) is 62.5 Å². The number of methoxy groups -OCH3 is 1. The van der Waals surface area contributed by atoms with Crippen LogP contribution in [0.4, 0.5) is 14.9 Å². The van der Waals surface area contributed by atoms with Crippen molar-refractivity contribution in [3.63, 3.8) is 0 Å². The lowest BCUT2D eigenvalue weighted by atomic mass is 10.0.